The Labute approximate surface area is 188 Å². The summed E-state index contributed by atoms with van der Waals surface area (Å²) in [7, 11) is 1.70. The first-order valence-corrected chi connectivity index (χ1v) is 9.35. The van der Waals surface area contributed by atoms with Gasteiger partial charge in [-0.25, -0.2) is 4.39 Å². The number of rotatable bonds is 5. The van der Waals surface area contributed by atoms with Crippen LogP contribution in [0.15, 0.2) is 47.5 Å². The van der Waals surface area contributed by atoms with Crippen molar-refractivity contribution in [3.05, 3.63) is 65.0 Å². The van der Waals surface area contributed by atoms with Crippen molar-refractivity contribution in [2.24, 2.45) is 4.99 Å². The van der Waals surface area contributed by atoms with Crippen LogP contribution in [0, 0.1) is 12.7 Å². The number of aliphatic imine (C=N–C) groups is 1. The van der Waals surface area contributed by atoms with Gasteiger partial charge in [0, 0.05) is 38.9 Å². The minimum atomic E-state index is -0.200. The first-order valence-electron chi connectivity index (χ1n) is 9.35. The maximum absolute atomic E-state index is 13.6. The molecule has 8 heteroatoms. The third-order valence-corrected chi connectivity index (χ3v) is 4.72. The summed E-state index contributed by atoms with van der Waals surface area (Å²) in [6.07, 6.45) is 0. The summed E-state index contributed by atoms with van der Waals surface area (Å²) in [6.45, 7) is 4.75. The van der Waals surface area contributed by atoms with Crippen LogP contribution < -0.4 is 20.9 Å². The Morgan fingerprint density at radius 1 is 1.14 bits per heavy atom. The van der Waals surface area contributed by atoms with Crippen molar-refractivity contribution >= 4 is 41.5 Å². The minimum Gasteiger partial charge on any atom is -0.360 e. The van der Waals surface area contributed by atoms with Gasteiger partial charge in [-0.1, -0.05) is 24.3 Å². The van der Waals surface area contributed by atoms with E-state index in [9.17, 15) is 9.18 Å². The monoisotopic (exact) mass is 511 g/mol. The van der Waals surface area contributed by atoms with Gasteiger partial charge in [0.15, 0.2) is 5.96 Å². The molecule has 0 bridgehead atoms. The van der Waals surface area contributed by atoms with Crippen LogP contribution in [0.1, 0.15) is 16.7 Å². The van der Waals surface area contributed by atoms with Crippen LogP contribution in [0.3, 0.4) is 0 Å². The molecule has 1 amide bonds. The third kappa shape index (κ3) is 6.59. The molecule has 0 unspecified atom stereocenters. The topological polar surface area (TPSA) is 68.8 Å². The molecule has 0 aromatic heterocycles. The average molecular weight is 511 g/mol. The third-order valence-electron chi connectivity index (χ3n) is 4.72. The number of piperazine rings is 1. The number of benzene rings is 2. The molecule has 1 aliphatic heterocycles. The lowest BCUT2D eigenvalue weighted by Crippen LogP contribution is -2.47. The Bertz CT molecular complexity index is 857. The predicted molar refractivity (Wildman–Crippen MR) is 125 cm³/mol. The second-order valence-corrected chi connectivity index (χ2v) is 6.80. The molecule has 2 aromatic carbocycles. The van der Waals surface area contributed by atoms with Gasteiger partial charge in [0.25, 0.3) is 0 Å². The molecular formula is C21H27FIN5O. The maximum atomic E-state index is 13.6. The quantitative estimate of drug-likeness (QED) is 0.328. The first-order chi connectivity index (χ1) is 13.5. The van der Waals surface area contributed by atoms with Crippen LogP contribution in [0.2, 0.25) is 0 Å². The fourth-order valence-corrected chi connectivity index (χ4v) is 3.02. The Morgan fingerprint density at radius 2 is 1.79 bits per heavy atom. The second kappa shape index (κ2) is 11.0. The van der Waals surface area contributed by atoms with E-state index in [1.807, 2.05) is 30.3 Å². The Balaban J connectivity index is 0.00000300. The van der Waals surface area contributed by atoms with Crippen molar-refractivity contribution in [2.45, 2.75) is 20.0 Å². The smallest absolute Gasteiger partial charge is 0.239 e. The zero-order valence-corrected chi connectivity index (χ0v) is 19.0. The molecule has 0 spiro atoms. The summed E-state index contributed by atoms with van der Waals surface area (Å²) in [5, 5.41) is 9.28. The van der Waals surface area contributed by atoms with Crippen molar-refractivity contribution in [3.63, 3.8) is 0 Å². The largest absolute Gasteiger partial charge is 0.360 e. The number of guanidine groups is 1. The van der Waals surface area contributed by atoms with E-state index in [4.69, 9.17) is 0 Å². The van der Waals surface area contributed by atoms with Crippen molar-refractivity contribution in [3.8, 4) is 0 Å². The van der Waals surface area contributed by atoms with Crippen LogP contribution in [-0.2, 0) is 17.9 Å². The van der Waals surface area contributed by atoms with Crippen molar-refractivity contribution in [1.82, 2.24) is 16.0 Å². The molecule has 6 nitrogen and oxygen atoms in total. The fourth-order valence-electron chi connectivity index (χ4n) is 3.02. The van der Waals surface area contributed by atoms with Crippen molar-refractivity contribution in [2.75, 3.05) is 31.6 Å². The van der Waals surface area contributed by atoms with Crippen LogP contribution in [0.25, 0.3) is 0 Å². The highest BCUT2D eigenvalue weighted by Crippen LogP contribution is 2.16. The highest BCUT2D eigenvalue weighted by molar-refractivity contribution is 14.0. The van der Waals surface area contributed by atoms with Gasteiger partial charge in [-0.3, -0.25) is 9.79 Å². The second-order valence-electron chi connectivity index (χ2n) is 6.80. The van der Waals surface area contributed by atoms with Gasteiger partial charge >= 0.3 is 0 Å². The van der Waals surface area contributed by atoms with E-state index in [-0.39, 0.29) is 35.7 Å². The number of amides is 1. The number of nitrogens with zero attached hydrogens (tertiary/aromatic N) is 2. The molecule has 156 valence electrons. The number of aryl methyl sites for hydroxylation is 1. The summed E-state index contributed by atoms with van der Waals surface area (Å²) >= 11 is 0. The standard InChI is InChI=1S/C21H26FN5O.HI/c1-15-3-4-17(11-19(15)22)13-26-21(23-2)25-12-16-5-7-18(8-6-16)27-10-9-24-20(28)14-27;/h3-8,11H,9-10,12-14H2,1-2H3,(H,24,28)(H2,23,25,26);1H. The van der Waals surface area contributed by atoms with Gasteiger partial charge in [0.2, 0.25) is 5.91 Å². The summed E-state index contributed by atoms with van der Waals surface area (Å²) in [5.41, 5.74) is 3.65. The summed E-state index contributed by atoms with van der Waals surface area (Å²) in [6, 6.07) is 13.3. The average Bonchev–Trinajstić information content (AvgIpc) is 2.71. The van der Waals surface area contributed by atoms with Gasteiger partial charge in [-0.2, -0.15) is 0 Å². The van der Waals surface area contributed by atoms with Crippen molar-refractivity contribution in [1.29, 1.82) is 0 Å². The zero-order valence-electron chi connectivity index (χ0n) is 16.7. The Morgan fingerprint density at radius 3 is 2.41 bits per heavy atom. The van der Waals surface area contributed by atoms with Gasteiger partial charge in [-0.05, 0) is 41.8 Å². The highest BCUT2D eigenvalue weighted by atomic mass is 127. The summed E-state index contributed by atoms with van der Waals surface area (Å²) in [5.74, 6) is 0.506. The zero-order chi connectivity index (χ0) is 19.9. The Hall–Kier alpha value is -2.36. The number of halogens is 2. The normalized spacial score (nSPS) is 14.1. The van der Waals surface area contributed by atoms with Crippen LogP contribution >= 0.6 is 24.0 Å². The van der Waals surface area contributed by atoms with Gasteiger partial charge in [-0.15, -0.1) is 24.0 Å². The van der Waals surface area contributed by atoms with Gasteiger partial charge in [0.1, 0.15) is 5.82 Å². The number of anilines is 1. The summed E-state index contributed by atoms with van der Waals surface area (Å²) in [4.78, 5) is 17.8. The number of nitrogens with one attached hydrogen (secondary N) is 3. The van der Waals surface area contributed by atoms with Gasteiger partial charge in [0.05, 0.1) is 6.54 Å². The van der Waals surface area contributed by atoms with E-state index in [0.717, 1.165) is 23.4 Å². The van der Waals surface area contributed by atoms with E-state index in [0.29, 0.717) is 37.7 Å². The van der Waals surface area contributed by atoms with Crippen LogP contribution in [-0.4, -0.2) is 38.5 Å². The molecule has 0 aliphatic carbocycles. The predicted octanol–water partition coefficient (Wildman–Crippen LogP) is 2.55. The van der Waals surface area contributed by atoms with E-state index >= 15 is 0 Å². The molecule has 1 saturated heterocycles. The molecule has 1 fully saturated rings. The lowest BCUT2D eigenvalue weighted by Gasteiger charge is -2.28. The van der Waals surface area contributed by atoms with Crippen LogP contribution in [0.5, 0.6) is 0 Å². The van der Waals surface area contributed by atoms with E-state index in [1.165, 1.54) is 6.07 Å². The van der Waals surface area contributed by atoms with E-state index < -0.39 is 0 Å². The summed E-state index contributed by atoms with van der Waals surface area (Å²) < 4.78 is 13.6. The van der Waals surface area contributed by atoms with Crippen molar-refractivity contribution < 1.29 is 9.18 Å². The highest BCUT2D eigenvalue weighted by Gasteiger charge is 2.16. The lowest BCUT2D eigenvalue weighted by molar-refractivity contribution is -0.120. The molecule has 0 saturated carbocycles. The van der Waals surface area contributed by atoms with E-state index in [2.05, 4.69) is 25.8 Å². The molecule has 1 heterocycles. The molecule has 1 aliphatic rings. The maximum Gasteiger partial charge on any atom is 0.239 e. The SMILES string of the molecule is CN=C(NCc1ccc(N2CCNC(=O)C2)cc1)NCc1ccc(C)c(F)c1.I. The number of carbonyl (C=O) groups excluding carboxylic acids is 1. The first kappa shape index (κ1) is 22.9. The molecule has 2 aromatic rings. The van der Waals surface area contributed by atoms with Crippen LogP contribution in [0.4, 0.5) is 10.1 Å². The molecule has 3 N–H and O–H groups in total. The molecule has 3 rings (SSSR count). The fraction of sp³-hybridized carbons (Fsp3) is 0.333. The minimum absolute atomic E-state index is 0. The molecule has 29 heavy (non-hydrogen) atoms. The molecule has 0 radical (unpaired) electrons. The molecule has 0 atom stereocenters. The number of hydrogen-bond acceptors (Lipinski definition) is 3. The Kier molecular flexibility index (Phi) is 8.69. The number of hydrogen-bond donors (Lipinski definition) is 3. The van der Waals surface area contributed by atoms with E-state index in [1.54, 1.807) is 20.0 Å². The van der Waals surface area contributed by atoms with Gasteiger partial charge < -0.3 is 20.9 Å². The number of carbonyl (C=O) groups is 1. The molecular weight excluding hydrogens is 484 g/mol. The lowest BCUT2D eigenvalue weighted by atomic mass is 10.1.